The zero-order valence-corrected chi connectivity index (χ0v) is 9.38. The summed E-state index contributed by atoms with van der Waals surface area (Å²) in [5.41, 5.74) is 0. The summed E-state index contributed by atoms with van der Waals surface area (Å²) in [5.74, 6) is 0.676. The van der Waals surface area contributed by atoms with Crippen LogP contribution in [0.5, 0.6) is 0 Å². The van der Waals surface area contributed by atoms with Crippen molar-refractivity contribution in [3.05, 3.63) is 0 Å². The molecule has 1 aliphatic carbocycles. The molecule has 3 nitrogen and oxygen atoms in total. The highest BCUT2D eigenvalue weighted by molar-refractivity contribution is 5.75. The maximum absolute atomic E-state index is 11.4. The first-order chi connectivity index (χ1) is 6.72. The third kappa shape index (κ3) is 2.98. The number of nitrogens with one attached hydrogen (secondary N) is 1. The van der Waals surface area contributed by atoms with Crippen LogP contribution in [0.2, 0.25) is 0 Å². The lowest BCUT2D eigenvalue weighted by Gasteiger charge is -2.15. The molecule has 0 radical (unpaired) electrons. The fraction of sp³-hybridized carbons (Fsp3) is 0.909. The van der Waals surface area contributed by atoms with E-state index in [1.165, 1.54) is 12.8 Å². The van der Waals surface area contributed by atoms with E-state index in [1.54, 1.807) is 0 Å². The van der Waals surface area contributed by atoms with Crippen LogP contribution in [-0.4, -0.2) is 24.7 Å². The first-order valence-electron chi connectivity index (χ1n) is 5.65. The van der Waals surface area contributed by atoms with E-state index in [0.717, 1.165) is 12.3 Å². The average Bonchev–Trinajstić information content (AvgIpc) is 2.93. The molecular weight excluding hydrogens is 178 g/mol. The Morgan fingerprint density at radius 1 is 1.50 bits per heavy atom. The summed E-state index contributed by atoms with van der Waals surface area (Å²) in [5, 5.41) is 3.35. The summed E-state index contributed by atoms with van der Waals surface area (Å²) in [6.45, 7) is 6.52. The monoisotopic (exact) mass is 199 g/mol. The number of esters is 1. The molecule has 14 heavy (non-hydrogen) atoms. The first-order valence-corrected chi connectivity index (χ1v) is 5.65. The number of rotatable bonds is 6. The Labute approximate surface area is 86.2 Å². The molecule has 0 saturated heterocycles. The van der Waals surface area contributed by atoms with Crippen LogP contribution in [0.3, 0.4) is 0 Å². The minimum atomic E-state index is -0.100. The van der Waals surface area contributed by atoms with Crippen LogP contribution in [0.4, 0.5) is 0 Å². The molecule has 1 fully saturated rings. The highest BCUT2D eigenvalue weighted by Gasteiger charge is 2.37. The van der Waals surface area contributed by atoms with Gasteiger partial charge in [-0.05, 0) is 25.7 Å². The zero-order valence-electron chi connectivity index (χ0n) is 9.38. The van der Waals surface area contributed by atoms with Crippen molar-refractivity contribution in [1.29, 1.82) is 0 Å². The van der Waals surface area contributed by atoms with Crippen molar-refractivity contribution in [2.75, 3.05) is 6.61 Å². The molecule has 1 aliphatic rings. The number of hydrogen-bond acceptors (Lipinski definition) is 3. The Kier molecular flexibility index (Phi) is 4.39. The maximum Gasteiger partial charge on any atom is 0.323 e. The Morgan fingerprint density at radius 3 is 2.64 bits per heavy atom. The van der Waals surface area contributed by atoms with Crippen LogP contribution >= 0.6 is 0 Å². The smallest absolute Gasteiger partial charge is 0.323 e. The molecule has 0 aromatic carbocycles. The Morgan fingerprint density at radius 2 is 2.21 bits per heavy atom. The quantitative estimate of drug-likeness (QED) is 0.662. The Hall–Kier alpha value is -0.570. The van der Waals surface area contributed by atoms with Crippen molar-refractivity contribution in [3.63, 3.8) is 0 Å². The van der Waals surface area contributed by atoms with Crippen molar-refractivity contribution in [1.82, 2.24) is 5.32 Å². The fourth-order valence-corrected chi connectivity index (χ4v) is 1.76. The van der Waals surface area contributed by atoms with Crippen molar-refractivity contribution >= 4 is 5.97 Å². The van der Waals surface area contributed by atoms with Crippen molar-refractivity contribution in [2.45, 2.75) is 52.1 Å². The lowest BCUT2D eigenvalue weighted by molar-refractivity contribution is -0.145. The Bertz CT molecular complexity index is 194. The maximum atomic E-state index is 11.4. The number of carbonyl (C=O) groups excluding carboxylic acids is 1. The molecule has 3 unspecified atom stereocenters. The molecule has 3 heteroatoms. The lowest BCUT2D eigenvalue weighted by atomic mass is 10.2. The highest BCUT2D eigenvalue weighted by atomic mass is 16.5. The zero-order chi connectivity index (χ0) is 10.6. The molecule has 0 bridgehead atoms. The standard InChI is InChI=1S/C11H21NO2/c1-4-8-7-10(8)12-9(5-2)11(13)14-6-3/h8-10,12H,4-7H2,1-3H3. The molecule has 1 rings (SSSR count). The van der Waals surface area contributed by atoms with E-state index in [2.05, 4.69) is 12.2 Å². The summed E-state index contributed by atoms with van der Waals surface area (Å²) in [6, 6.07) is 0.450. The van der Waals surface area contributed by atoms with Crippen LogP contribution in [0, 0.1) is 5.92 Å². The summed E-state index contributed by atoms with van der Waals surface area (Å²) < 4.78 is 4.99. The molecule has 0 aromatic rings. The van der Waals surface area contributed by atoms with Gasteiger partial charge in [0.2, 0.25) is 0 Å². The van der Waals surface area contributed by atoms with Crippen molar-refractivity contribution in [2.24, 2.45) is 5.92 Å². The summed E-state index contributed by atoms with van der Waals surface area (Å²) in [6.07, 6.45) is 3.23. The predicted octanol–water partition coefficient (Wildman–Crippen LogP) is 1.72. The number of carbonyl (C=O) groups is 1. The van der Waals surface area contributed by atoms with Crippen LogP contribution < -0.4 is 5.32 Å². The average molecular weight is 199 g/mol. The predicted molar refractivity (Wildman–Crippen MR) is 56.0 cm³/mol. The van der Waals surface area contributed by atoms with Gasteiger partial charge in [-0.1, -0.05) is 20.3 Å². The van der Waals surface area contributed by atoms with Crippen LogP contribution in [0.1, 0.15) is 40.0 Å². The second-order valence-corrected chi connectivity index (χ2v) is 3.89. The minimum Gasteiger partial charge on any atom is -0.465 e. The third-order valence-corrected chi connectivity index (χ3v) is 2.84. The summed E-state index contributed by atoms with van der Waals surface area (Å²) in [4.78, 5) is 11.4. The second kappa shape index (κ2) is 5.35. The normalized spacial score (nSPS) is 27.1. The summed E-state index contributed by atoms with van der Waals surface area (Å²) in [7, 11) is 0. The van der Waals surface area contributed by atoms with Crippen LogP contribution in [0.25, 0.3) is 0 Å². The highest BCUT2D eigenvalue weighted by Crippen LogP contribution is 2.33. The minimum absolute atomic E-state index is 0.100. The van der Waals surface area contributed by atoms with Gasteiger partial charge >= 0.3 is 5.97 Å². The molecule has 0 heterocycles. The molecule has 82 valence electrons. The molecule has 0 aromatic heterocycles. The summed E-state index contributed by atoms with van der Waals surface area (Å²) >= 11 is 0. The van der Waals surface area contributed by atoms with Gasteiger partial charge in [-0.15, -0.1) is 0 Å². The van der Waals surface area contributed by atoms with E-state index in [1.807, 2.05) is 13.8 Å². The number of ether oxygens (including phenoxy) is 1. The molecule has 0 amide bonds. The van der Waals surface area contributed by atoms with Crippen molar-refractivity contribution < 1.29 is 9.53 Å². The molecule has 3 atom stereocenters. The van der Waals surface area contributed by atoms with Gasteiger partial charge in [0.25, 0.3) is 0 Å². The van der Waals surface area contributed by atoms with Gasteiger partial charge in [-0.25, -0.2) is 0 Å². The molecule has 0 aliphatic heterocycles. The lowest BCUT2D eigenvalue weighted by Crippen LogP contribution is -2.39. The topological polar surface area (TPSA) is 38.3 Å². The van der Waals surface area contributed by atoms with Gasteiger partial charge in [0.1, 0.15) is 6.04 Å². The molecule has 1 N–H and O–H groups in total. The van der Waals surface area contributed by atoms with E-state index < -0.39 is 0 Å². The van der Waals surface area contributed by atoms with E-state index in [4.69, 9.17) is 4.74 Å². The van der Waals surface area contributed by atoms with E-state index in [0.29, 0.717) is 12.6 Å². The number of hydrogen-bond donors (Lipinski definition) is 1. The van der Waals surface area contributed by atoms with E-state index >= 15 is 0 Å². The van der Waals surface area contributed by atoms with Crippen LogP contribution in [-0.2, 0) is 9.53 Å². The van der Waals surface area contributed by atoms with Crippen LogP contribution in [0.15, 0.2) is 0 Å². The van der Waals surface area contributed by atoms with E-state index in [-0.39, 0.29) is 12.0 Å². The van der Waals surface area contributed by atoms with Gasteiger partial charge in [0.05, 0.1) is 6.61 Å². The largest absolute Gasteiger partial charge is 0.465 e. The van der Waals surface area contributed by atoms with Gasteiger partial charge in [0, 0.05) is 6.04 Å². The van der Waals surface area contributed by atoms with Gasteiger partial charge in [0.15, 0.2) is 0 Å². The molecule has 1 saturated carbocycles. The SMILES string of the molecule is CCOC(=O)C(CC)NC1CC1CC. The van der Waals surface area contributed by atoms with Crippen molar-refractivity contribution in [3.8, 4) is 0 Å². The van der Waals surface area contributed by atoms with Gasteiger partial charge in [-0.3, -0.25) is 4.79 Å². The van der Waals surface area contributed by atoms with Gasteiger partial charge < -0.3 is 10.1 Å². The fourth-order valence-electron chi connectivity index (χ4n) is 1.76. The molecular formula is C11H21NO2. The van der Waals surface area contributed by atoms with E-state index in [9.17, 15) is 4.79 Å². The van der Waals surface area contributed by atoms with Gasteiger partial charge in [-0.2, -0.15) is 0 Å². The Balaban J connectivity index is 2.28. The third-order valence-electron chi connectivity index (χ3n) is 2.84. The molecule has 0 spiro atoms. The first kappa shape index (κ1) is 11.5. The second-order valence-electron chi connectivity index (χ2n) is 3.89.